The molecule has 3 N–H and O–H groups in total. The number of nitrogens with one attached hydrogen (secondary N) is 1. The highest BCUT2D eigenvalue weighted by molar-refractivity contribution is 6.40. The van der Waals surface area contributed by atoms with E-state index < -0.39 is 34.5 Å². The number of hydrogen-bond donors (Lipinski definition) is 2. The monoisotopic (exact) mass is 426 g/mol. The third-order valence-electron chi connectivity index (χ3n) is 2.99. The number of anilines is 1. The number of halogens is 6. The van der Waals surface area contributed by atoms with Crippen molar-refractivity contribution < 1.29 is 22.8 Å². The molecule has 0 atom stereocenters. The summed E-state index contributed by atoms with van der Waals surface area (Å²) in [5.74, 6) is -1.46. The van der Waals surface area contributed by atoms with Crippen LogP contribution in [0.1, 0.15) is 15.9 Å². The Labute approximate surface area is 159 Å². The van der Waals surface area contributed by atoms with E-state index in [1.54, 1.807) is 0 Å². The molecule has 1 heterocycles. The molecule has 3 amide bonds. The molecule has 1 aromatic carbocycles. The SMILES string of the molecule is NC(=O)N(Nc1ncc(C(F)(F)F)cc1Cl)C(=O)c1c(Cl)cccc1Cl. The van der Waals surface area contributed by atoms with Crippen LogP contribution in [0.3, 0.4) is 0 Å². The van der Waals surface area contributed by atoms with Crippen LogP contribution < -0.4 is 11.2 Å². The molecular weight excluding hydrogens is 420 g/mol. The first-order chi connectivity index (χ1) is 12.0. The Kier molecular flexibility index (Phi) is 5.84. The molecule has 6 nitrogen and oxygen atoms in total. The fourth-order valence-electron chi connectivity index (χ4n) is 1.80. The van der Waals surface area contributed by atoms with Crippen molar-refractivity contribution in [1.29, 1.82) is 0 Å². The Bertz CT molecular complexity index is 857. The van der Waals surface area contributed by atoms with Crippen LogP contribution in [0.15, 0.2) is 30.5 Å². The van der Waals surface area contributed by atoms with Gasteiger partial charge in [-0.15, -0.1) is 0 Å². The number of nitrogens with zero attached hydrogens (tertiary/aromatic N) is 2. The molecule has 0 bridgehead atoms. The van der Waals surface area contributed by atoms with Gasteiger partial charge >= 0.3 is 12.2 Å². The molecule has 0 aliphatic carbocycles. The summed E-state index contributed by atoms with van der Waals surface area (Å²) < 4.78 is 37.9. The van der Waals surface area contributed by atoms with Crippen LogP contribution in [-0.2, 0) is 6.18 Å². The Hall–Kier alpha value is -2.23. The van der Waals surface area contributed by atoms with Gasteiger partial charge in [-0.1, -0.05) is 40.9 Å². The number of nitrogens with two attached hydrogens (primary N) is 1. The highest BCUT2D eigenvalue weighted by Crippen LogP contribution is 2.33. The van der Waals surface area contributed by atoms with E-state index in [2.05, 4.69) is 10.4 Å². The van der Waals surface area contributed by atoms with Gasteiger partial charge in [0.2, 0.25) is 0 Å². The number of benzene rings is 1. The van der Waals surface area contributed by atoms with Gasteiger partial charge in [-0.3, -0.25) is 10.2 Å². The molecule has 0 aliphatic rings. The number of alkyl halides is 3. The number of carbonyl (C=O) groups is 2. The standard InChI is InChI=1S/C14H8Cl3F3N4O2/c15-7-2-1-3-8(16)10(7)12(25)24(13(21)26)23-11-9(17)4-6(5-22-11)14(18,19)20/h1-5H,(H2,21,26)(H,22,23). The number of primary amides is 1. The second-order valence-corrected chi connectivity index (χ2v) is 5.96. The van der Waals surface area contributed by atoms with Crippen LogP contribution in [0.2, 0.25) is 15.1 Å². The molecule has 26 heavy (non-hydrogen) atoms. The summed E-state index contributed by atoms with van der Waals surface area (Å²) in [5.41, 5.74) is 5.94. The van der Waals surface area contributed by atoms with Crippen molar-refractivity contribution >= 4 is 52.6 Å². The van der Waals surface area contributed by atoms with Crippen LogP contribution in [0.25, 0.3) is 0 Å². The first kappa shape index (κ1) is 20.1. The Morgan fingerprint density at radius 1 is 1.12 bits per heavy atom. The minimum Gasteiger partial charge on any atom is -0.350 e. The van der Waals surface area contributed by atoms with E-state index in [4.69, 9.17) is 40.5 Å². The molecule has 0 saturated heterocycles. The zero-order valence-electron chi connectivity index (χ0n) is 12.4. The number of carbonyl (C=O) groups excluding carboxylic acids is 2. The lowest BCUT2D eigenvalue weighted by molar-refractivity contribution is -0.137. The number of hydrazine groups is 1. The van der Waals surface area contributed by atoms with Crippen molar-refractivity contribution in [3.63, 3.8) is 0 Å². The highest BCUT2D eigenvalue weighted by atomic mass is 35.5. The maximum absolute atomic E-state index is 12.6. The summed E-state index contributed by atoms with van der Waals surface area (Å²) >= 11 is 17.5. The van der Waals surface area contributed by atoms with Crippen LogP contribution >= 0.6 is 34.8 Å². The van der Waals surface area contributed by atoms with Crippen LogP contribution in [0.4, 0.5) is 23.8 Å². The van der Waals surface area contributed by atoms with Gasteiger partial charge in [0.05, 0.1) is 26.2 Å². The quantitative estimate of drug-likeness (QED) is 0.700. The minimum atomic E-state index is -4.67. The largest absolute Gasteiger partial charge is 0.417 e. The number of aromatic nitrogens is 1. The minimum absolute atomic E-state index is 0.0676. The number of pyridine rings is 1. The van der Waals surface area contributed by atoms with Gasteiger partial charge in [0, 0.05) is 6.20 Å². The Morgan fingerprint density at radius 2 is 1.69 bits per heavy atom. The third-order valence-corrected chi connectivity index (χ3v) is 3.90. The van der Waals surface area contributed by atoms with Crippen molar-refractivity contribution in [2.75, 3.05) is 5.43 Å². The van der Waals surface area contributed by atoms with E-state index >= 15 is 0 Å². The highest BCUT2D eigenvalue weighted by Gasteiger charge is 2.32. The van der Waals surface area contributed by atoms with E-state index in [1.807, 2.05) is 0 Å². The zero-order valence-corrected chi connectivity index (χ0v) is 14.7. The average Bonchev–Trinajstić information content (AvgIpc) is 2.52. The summed E-state index contributed by atoms with van der Waals surface area (Å²) in [7, 11) is 0. The zero-order chi connectivity index (χ0) is 19.6. The van der Waals surface area contributed by atoms with Gasteiger partial charge in [0.1, 0.15) is 0 Å². The number of rotatable bonds is 3. The van der Waals surface area contributed by atoms with Crippen LogP contribution in [0, 0.1) is 0 Å². The lowest BCUT2D eigenvalue weighted by Crippen LogP contribution is -2.45. The van der Waals surface area contributed by atoms with Crippen molar-refractivity contribution in [1.82, 2.24) is 9.99 Å². The van der Waals surface area contributed by atoms with Gasteiger partial charge in [0.25, 0.3) is 5.91 Å². The fraction of sp³-hybridized carbons (Fsp3) is 0.0714. The van der Waals surface area contributed by atoms with E-state index in [0.717, 1.165) is 0 Å². The third kappa shape index (κ3) is 4.29. The second kappa shape index (κ2) is 7.56. The number of imide groups is 1. The molecule has 2 aromatic rings. The molecule has 0 spiro atoms. The molecule has 2 rings (SSSR count). The summed E-state index contributed by atoms with van der Waals surface area (Å²) in [5, 5.41) is -0.359. The molecule has 0 saturated carbocycles. The molecule has 0 aliphatic heterocycles. The molecule has 12 heteroatoms. The summed E-state index contributed by atoms with van der Waals surface area (Å²) in [4.78, 5) is 27.6. The van der Waals surface area contributed by atoms with E-state index in [1.165, 1.54) is 18.2 Å². The van der Waals surface area contributed by atoms with E-state index in [0.29, 0.717) is 12.3 Å². The van der Waals surface area contributed by atoms with Crippen molar-refractivity contribution in [2.45, 2.75) is 6.18 Å². The van der Waals surface area contributed by atoms with Crippen LogP contribution in [0.5, 0.6) is 0 Å². The van der Waals surface area contributed by atoms with Crippen molar-refractivity contribution in [2.24, 2.45) is 5.73 Å². The van der Waals surface area contributed by atoms with Gasteiger partial charge < -0.3 is 5.73 Å². The first-order valence-electron chi connectivity index (χ1n) is 6.59. The van der Waals surface area contributed by atoms with Crippen molar-refractivity contribution in [3.8, 4) is 0 Å². The van der Waals surface area contributed by atoms with Crippen molar-refractivity contribution in [3.05, 3.63) is 56.7 Å². The Morgan fingerprint density at radius 3 is 2.15 bits per heavy atom. The predicted octanol–water partition coefficient (Wildman–Crippen LogP) is 4.61. The summed E-state index contributed by atoms with van der Waals surface area (Å²) in [6.45, 7) is 0. The maximum Gasteiger partial charge on any atom is 0.417 e. The molecular formula is C14H8Cl3F3N4O2. The fourth-order valence-corrected chi connectivity index (χ4v) is 2.57. The van der Waals surface area contributed by atoms with Gasteiger partial charge in [0.15, 0.2) is 5.82 Å². The Balaban J connectivity index is 2.38. The molecule has 0 fully saturated rings. The van der Waals surface area contributed by atoms with Crippen LogP contribution in [-0.4, -0.2) is 21.9 Å². The number of hydrogen-bond acceptors (Lipinski definition) is 4. The number of urea groups is 1. The van der Waals surface area contributed by atoms with E-state index in [-0.39, 0.29) is 20.6 Å². The van der Waals surface area contributed by atoms with Gasteiger partial charge in [-0.2, -0.15) is 18.2 Å². The predicted molar refractivity (Wildman–Crippen MR) is 90.1 cm³/mol. The first-order valence-corrected chi connectivity index (χ1v) is 7.73. The van der Waals surface area contributed by atoms with Gasteiger partial charge in [-0.05, 0) is 18.2 Å². The molecule has 0 unspecified atom stereocenters. The molecule has 0 radical (unpaired) electrons. The smallest absolute Gasteiger partial charge is 0.350 e. The lowest BCUT2D eigenvalue weighted by Gasteiger charge is -2.21. The second-order valence-electron chi connectivity index (χ2n) is 4.74. The maximum atomic E-state index is 12.6. The molecule has 1 aromatic heterocycles. The lowest BCUT2D eigenvalue weighted by atomic mass is 10.2. The molecule has 138 valence electrons. The normalized spacial score (nSPS) is 11.2. The summed E-state index contributed by atoms with van der Waals surface area (Å²) in [6.07, 6.45) is -4.19. The van der Waals surface area contributed by atoms with E-state index in [9.17, 15) is 22.8 Å². The average molecular weight is 428 g/mol. The topological polar surface area (TPSA) is 88.3 Å². The van der Waals surface area contributed by atoms with Gasteiger partial charge in [-0.25, -0.2) is 9.78 Å². The summed E-state index contributed by atoms with van der Waals surface area (Å²) in [6, 6.07) is 3.46. The number of amides is 3.